The van der Waals surface area contributed by atoms with Crippen LogP contribution in [-0.4, -0.2) is 5.78 Å². The molecular weight excluding hydrogens is 364 g/mol. The minimum absolute atomic E-state index is 0.163. The summed E-state index contributed by atoms with van der Waals surface area (Å²) in [7, 11) is 0. The summed E-state index contributed by atoms with van der Waals surface area (Å²) in [5, 5.41) is 0. The summed E-state index contributed by atoms with van der Waals surface area (Å²) in [6.07, 6.45) is 0.743. The molecule has 1 aliphatic rings. The predicted molar refractivity (Wildman–Crippen MR) is 122 cm³/mol. The van der Waals surface area contributed by atoms with Gasteiger partial charge in [-0.15, -0.1) is 0 Å². The van der Waals surface area contributed by atoms with Crippen molar-refractivity contribution in [2.75, 3.05) is 0 Å². The van der Waals surface area contributed by atoms with Gasteiger partial charge in [0.2, 0.25) is 0 Å². The maximum absolute atomic E-state index is 13.7. The number of Topliss-reactive ketones (excluding diaryl/α,β-unsaturated/α-hetero) is 1. The van der Waals surface area contributed by atoms with E-state index in [9.17, 15) is 4.79 Å². The lowest BCUT2D eigenvalue weighted by Gasteiger charge is -2.32. The van der Waals surface area contributed by atoms with Crippen LogP contribution in [-0.2, 0) is 5.41 Å². The van der Waals surface area contributed by atoms with Crippen LogP contribution >= 0.6 is 0 Å². The van der Waals surface area contributed by atoms with Gasteiger partial charge < -0.3 is 0 Å². The van der Waals surface area contributed by atoms with Crippen LogP contribution < -0.4 is 0 Å². The van der Waals surface area contributed by atoms with Crippen molar-refractivity contribution in [3.63, 3.8) is 0 Å². The average molecular weight is 389 g/mol. The summed E-state index contributed by atoms with van der Waals surface area (Å²) < 4.78 is 0. The molecule has 1 nitrogen and oxygen atoms in total. The van der Waals surface area contributed by atoms with E-state index in [0.717, 1.165) is 17.5 Å². The highest BCUT2D eigenvalue weighted by molar-refractivity contribution is 6.02. The molecule has 0 saturated heterocycles. The SMILES string of the molecule is Cc1ccc(C(=O)C2CC(c3ccccc3)(c3ccccc3)c3ccccc32)cc1. The Morgan fingerprint density at radius 2 is 1.23 bits per heavy atom. The lowest BCUT2D eigenvalue weighted by Crippen LogP contribution is -2.27. The maximum atomic E-state index is 13.7. The van der Waals surface area contributed by atoms with Crippen LogP contribution in [0.1, 0.15) is 50.5 Å². The molecule has 4 aromatic carbocycles. The highest BCUT2D eigenvalue weighted by Crippen LogP contribution is 2.54. The number of hydrogen-bond donors (Lipinski definition) is 0. The average Bonchev–Trinajstić information content (AvgIpc) is 3.17. The van der Waals surface area contributed by atoms with E-state index in [1.807, 2.05) is 24.3 Å². The minimum atomic E-state index is -0.329. The fourth-order valence-electron chi connectivity index (χ4n) is 5.03. The third-order valence-corrected chi connectivity index (χ3v) is 6.49. The van der Waals surface area contributed by atoms with Crippen molar-refractivity contribution < 1.29 is 4.79 Å². The van der Waals surface area contributed by atoms with Crippen molar-refractivity contribution >= 4 is 5.78 Å². The topological polar surface area (TPSA) is 17.1 Å². The molecule has 4 aromatic rings. The van der Waals surface area contributed by atoms with E-state index < -0.39 is 0 Å². The largest absolute Gasteiger partial charge is 0.293 e. The summed E-state index contributed by atoms with van der Waals surface area (Å²) in [6, 6.07) is 37.7. The molecule has 0 radical (unpaired) electrons. The van der Waals surface area contributed by atoms with Crippen LogP contribution in [0.15, 0.2) is 109 Å². The van der Waals surface area contributed by atoms with Crippen molar-refractivity contribution in [2.24, 2.45) is 0 Å². The first kappa shape index (κ1) is 18.6. The second kappa shape index (κ2) is 7.42. The van der Waals surface area contributed by atoms with E-state index >= 15 is 0 Å². The molecule has 1 heteroatoms. The van der Waals surface area contributed by atoms with Crippen molar-refractivity contribution in [3.05, 3.63) is 143 Å². The molecule has 0 heterocycles. The summed E-state index contributed by atoms with van der Waals surface area (Å²) in [4.78, 5) is 13.7. The Hall–Kier alpha value is -3.45. The molecule has 0 aliphatic heterocycles. The van der Waals surface area contributed by atoms with E-state index in [2.05, 4.69) is 91.9 Å². The molecule has 5 rings (SSSR count). The highest BCUT2D eigenvalue weighted by Gasteiger charge is 2.48. The van der Waals surface area contributed by atoms with Crippen LogP contribution in [0.25, 0.3) is 0 Å². The molecular formula is C29H24O. The summed E-state index contributed by atoms with van der Waals surface area (Å²) in [5.74, 6) is 0.0421. The number of aryl methyl sites for hydroxylation is 1. The van der Waals surface area contributed by atoms with Crippen molar-refractivity contribution in [1.82, 2.24) is 0 Å². The zero-order chi connectivity index (χ0) is 20.6. The number of carbonyl (C=O) groups is 1. The van der Waals surface area contributed by atoms with Crippen LogP contribution in [0.3, 0.4) is 0 Å². The monoisotopic (exact) mass is 388 g/mol. The summed E-state index contributed by atoms with van der Waals surface area (Å²) >= 11 is 0. The smallest absolute Gasteiger partial charge is 0.170 e. The number of hydrogen-bond acceptors (Lipinski definition) is 1. The quantitative estimate of drug-likeness (QED) is 0.356. The number of benzene rings is 4. The molecule has 1 aliphatic carbocycles. The van der Waals surface area contributed by atoms with Gasteiger partial charge in [0.15, 0.2) is 5.78 Å². The second-order valence-corrected chi connectivity index (χ2v) is 8.21. The van der Waals surface area contributed by atoms with Gasteiger partial charge in [-0.1, -0.05) is 115 Å². The fourth-order valence-corrected chi connectivity index (χ4v) is 5.03. The molecule has 1 unspecified atom stereocenters. The first-order valence-electron chi connectivity index (χ1n) is 10.5. The Morgan fingerprint density at radius 1 is 0.700 bits per heavy atom. The van der Waals surface area contributed by atoms with Crippen LogP contribution in [0.2, 0.25) is 0 Å². The fraction of sp³-hybridized carbons (Fsp3) is 0.138. The normalized spacial score (nSPS) is 16.8. The standard InChI is InChI=1S/C29H24O/c1-21-16-18-22(19-17-21)28(30)26-20-29(23-10-4-2-5-11-23,24-12-6-3-7-13-24)27-15-9-8-14-25(26)27/h2-19,26H,20H2,1H3. The van der Waals surface area contributed by atoms with Gasteiger partial charge in [0.1, 0.15) is 0 Å². The van der Waals surface area contributed by atoms with Crippen molar-refractivity contribution in [2.45, 2.75) is 24.7 Å². The van der Waals surface area contributed by atoms with Gasteiger partial charge in [-0.25, -0.2) is 0 Å². The van der Waals surface area contributed by atoms with Crippen LogP contribution in [0, 0.1) is 6.92 Å². The molecule has 0 spiro atoms. The molecule has 0 amide bonds. The third kappa shape index (κ3) is 2.90. The van der Waals surface area contributed by atoms with Gasteiger partial charge in [0.05, 0.1) is 0 Å². The molecule has 0 aromatic heterocycles. The van der Waals surface area contributed by atoms with Gasteiger partial charge in [0, 0.05) is 16.9 Å². The molecule has 1 atom stereocenters. The number of rotatable bonds is 4. The van der Waals surface area contributed by atoms with E-state index in [0.29, 0.717) is 0 Å². The lowest BCUT2D eigenvalue weighted by atomic mass is 9.69. The van der Waals surface area contributed by atoms with Crippen LogP contribution in [0.5, 0.6) is 0 Å². The van der Waals surface area contributed by atoms with E-state index in [-0.39, 0.29) is 17.1 Å². The first-order valence-corrected chi connectivity index (χ1v) is 10.5. The molecule has 0 fully saturated rings. The zero-order valence-electron chi connectivity index (χ0n) is 17.1. The molecule has 146 valence electrons. The molecule has 30 heavy (non-hydrogen) atoms. The Morgan fingerprint density at radius 3 is 1.83 bits per heavy atom. The van der Waals surface area contributed by atoms with Crippen molar-refractivity contribution in [1.29, 1.82) is 0 Å². The molecule has 0 saturated carbocycles. The number of carbonyl (C=O) groups excluding carboxylic acids is 1. The first-order chi connectivity index (χ1) is 14.7. The van der Waals surface area contributed by atoms with Crippen LogP contribution in [0.4, 0.5) is 0 Å². The highest BCUT2D eigenvalue weighted by atomic mass is 16.1. The van der Waals surface area contributed by atoms with E-state index in [1.54, 1.807) is 0 Å². The maximum Gasteiger partial charge on any atom is 0.170 e. The summed E-state index contributed by atoms with van der Waals surface area (Å²) in [5.41, 5.74) is 6.50. The third-order valence-electron chi connectivity index (χ3n) is 6.49. The van der Waals surface area contributed by atoms with Gasteiger partial charge in [0.25, 0.3) is 0 Å². The number of fused-ring (bicyclic) bond motifs is 1. The Labute approximate surface area is 178 Å². The summed E-state index contributed by atoms with van der Waals surface area (Å²) in [6.45, 7) is 2.05. The minimum Gasteiger partial charge on any atom is -0.293 e. The van der Waals surface area contributed by atoms with Gasteiger partial charge in [-0.2, -0.15) is 0 Å². The van der Waals surface area contributed by atoms with E-state index in [1.165, 1.54) is 22.3 Å². The molecule has 0 N–H and O–H groups in total. The Kier molecular flexibility index (Phi) is 4.59. The Bertz CT molecular complexity index is 1130. The van der Waals surface area contributed by atoms with Gasteiger partial charge in [-0.3, -0.25) is 4.79 Å². The zero-order valence-corrected chi connectivity index (χ0v) is 17.1. The Balaban J connectivity index is 1.72. The predicted octanol–water partition coefficient (Wildman–Crippen LogP) is 6.70. The van der Waals surface area contributed by atoms with Gasteiger partial charge >= 0.3 is 0 Å². The lowest BCUT2D eigenvalue weighted by molar-refractivity contribution is 0.0955. The second-order valence-electron chi connectivity index (χ2n) is 8.21. The van der Waals surface area contributed by atoms with Gasteiger partial charge in [-0.05, 0) is 35.6 Å². The number of ketones is 1. The molecule has 0 bridgehead atoms. The van der Waals surface area contributed by atoms with Crippen molar-refractivity contribution in [3.8, 4) is 0 Å². The van der Waals surface area contributed by atoms with E-state index in [4.69, 9.17) is 0 Å².